The minimum Gasteiger partial charge on any atom is -0.282 e. The zero-order valence-electron chi connectivity index (χ0n) is 19.3. The van der Waals surface area contributed by atoms with Gasteiger partial charge >= 0.3 is 0 Å². The molecule has 6 nitrogen and oxygen atoms in total. The maximum absolute atomic E-state index is 13.1. The molecule has 2 saturated carbocycles. The first-order chi connectivity index (χ1) is 13.8. The Morgan fingerprint density at radius 3 is 1.33 bits per heavy atom. The van der Waals surface area contributed by atoms with Gasteiger partial charge in [-0.1, -0.05) is 41.5 Å². The van der Waals surface area contributed by atoms with Crippen molar-refractivity contribution in [1.29, 1.82) is 0 Å². The number of likely N-dealkylation sites (tertiary alicyclic amines) is 2. The van der Waals surface area contributed by atoms with Gasteiger partial charge in [-0.25, -0.2) is 0 Å². The maximum atomic E-state index is 13.1. The van der Waals surface area contributed by atoms with Gasteiger partial charge in [0.15, 0.2) is 0 Å². The Bertz CT molecular complexity index is 763. The third kappa shape index (κ3) is 2.42. The van der Waals surface area contributed by atoms with Gasteiger partial charge in [-0.15, -0.1) is 0 Å². The SMILES string of the molecule is CC1(C)[C@@H]2CC[C@]1(C)C(=O)N(CCCCN1C(=O)[C@@H]3CC[C@](C)(C1=O)C3(C)C)C2=O. The average molecular weight is 417 g/mol. The first-order valence-electron chi connectivity index (χ1n) is 11.5. The molecule has 0 spiro atoms. The number of amides is 4. The van der Waals surface area contributed by atoms with Crippen LogP contribution in [0.15, 0.2) is 0 Å². The fourth-order valence-corrected chi connectivity index (χ4v) is 6.77. The first-order valence-corrected chi connectivity index (χ1v) is 11.5. The Morgan fingerprint density at radius 1 is 0.667 bits per heavy atom. The van der Waals surface area contributed by atoms with Crippen molar-refractivity contribution in [2.75, 3.05) is 13.1 Å². The molecule has 4 atom stereocenters. The van der Waals surface area contributed by atoms with Crippen molar-refractivity contribution in [3.05, 3.63) is 0 Å². The molecule has 4 fully saturated rings. The highest BCUT2D eigenvalue weighted by Gasteiger charge is 2.65. The standard InChI is InChI=1S/C24H36N2O4/c1-21(2)15-9-11-23(21,5)19(29)25(17(15)27)13-7-8-14-26-18(28)16-10-12-24(6,20(26)30)22(16,3)4/h15-16H,7-14H2,1-6H3/t15-,16+,23-,24-/m1/s1. The minimum absolute atomic E-state index is 0.0441. The minimum atomic E-state index is -0.482. The summed E-state index contributed by atoms with van der Waals surface area (Å²) in [6.07, 6.45) is 4.30. The zero-order valence-corrected chi connectivity index (χ0v) is 19.3. The second-order valence-corrected chi connectivity index (χ2v) is 11.6. The number of unbranched alkanes of at least 4 members (excludes halogenated alkanes) is 1. The van der Waals surface area contributed by atoms with E-state index in [-0.39, 0.29) is 46.3 Å². The predicted octanol–water partition coefficient (Wildman–Crippen LogP) is 3.39. The molecule has 4 bridgehead atoms. The lowest BCUT2D eigenvalue weighted by atomic mass is 9.62. The molecule has 2 aliphatic carbocycles. The Morgan fingerprint density at radius 2 is 1.00 bits per heavy atom. The summed E-state index contributed by atoms with van der Waals surface area (Å²) in [6, 6.07) is 0. The summed E-state index contributed by atoms with van der Waals surface area (Å²) in [5.41, 5.74) is -1.56. The second kappa shape index (κ2) is 6.39. The van der Waals surface area contributed by atoms with E-state index in [0.29, 0.717) is 25.9 Å². The van der Waals surface area contributed by atoms with Gasteiger partial charge in [0.2, 0.25) is 23.6 Å². The Kier molecular flexibility index (Phi) is 4.58. The molecule has 0 N–H and O–H groups in total. The van der Waals surface area contributed by atoms with Gasteiger partial charge in [0.25, 0.3) is 0 Å². The molecule has 4 aliphatic rings. The molecule has 2 aliphatic heterocycles. The summed E-state index contributed by atoms with van der Waals surface area (Å²) in [5, 5.41) is 0. The second-order valence-electron chi connectivity index (χ2n) is 11.6. The fourth-order valence-electron chi connectivity index (χ4n) is 6.77. The van der Waals surface area contributed by atoms with E-state index >= 15 is 0 Å². The Labute approximate surface area is 179 Å². The van der Waals surface area contributed by atoms with Crippen LogP contribution in [0.3, 0.4) is 0 Å². The molecule has 30 heavy (non-hydrogen) atoms. The lowest BCUT2D eigenvalue weighted by Crippen LogP contribution is -2.59. The number of fused-ring (bicyclic) bond motifs is 4. The number of nitrogens with zero attached hydrogens (tertiary/aromatic N) is 2. The highest BCUT2D eigenvalue weighted by atomic mass is 16.2. The third-order valence-electron chi connectivity index (χ3n) is 10.0. The van der Waals surface area contributed by atoms with Gasteiger partial charge in [0.05, 0.1) is 10.8 Å². The van der Waals surface area contributed by atoms with Crippen LogP contribution in [0.2, 0.25) is 0 Å². The van der Waals surface area contributed by atoms with E-state index in [9.17, 15) is 19.2 Å². The van der Waals surface area contributed by atoms with Gasteiger partial charge in [0.1, 0.15) is 0 Å². The van der Waals surface area contributed by atoms with Crippen molar-refractivity contribution < 1.29 is 19.2 Å². The molecule has 0 aromatic rings. The number of imide groups is 2. The molecule has 2 heterocycles. The van der Waals surface area contributed by atoms with Crippen molar-refractivity contribution in [2.24, 2.45) is 33.5 Å². The van der Waals surface area contributed by atoms with Gasteiger partial charge in [-0.2, -0.15) is 0 Å². The number of piperidine rings is 2. The molecule has 0 aromatic heterocycles. The van der Waals surface area contributed by atoms with Crippen LogP contribution in [0.25, 0.3) is 0 Å². The van der Waals surface area contributed by atoms with Crippen molar-refractivity contribution in [1.82, 2.24) is 9.80 Å². The van der Waals surface area contributed by atoms with Gasteiger partial charge < -0.3 is 0 Å². The number of rotatable bonds is 5. The maximum Gasteiger partial charge on any atom is 0.235 e. The summed E-state index contributed by atoms with van der Waals surface area (Å²) in [4.78, 5) is 55.1. The van der Waals surface area contributed by atoms with Crippen molar-refractivity contribution in [2.45, 2.75) is 80.1 Å². The summed E-state index contributed by atoms with van der Waals surface area (Å²) in [5.74, 6) is -0.381. The van der Waals surface area contributed by atoms with Gasteiger partial charge in [-0.3, -0.25) is 29.0 Å². The van der Waals surface area contributed by atoms with E-state index in [0.717, 1.165) is 25.7 Å². The average Bonchev–Trinajstić information content (AvgIpc) is 2.97. The van der Waals surface area contributed by atoms with Crippen LogP contribution in [0, 0.1) is 33.5 Å². The van der Waals surface area contributed by atoms with Crippen LogP contribution in [-0.4, -0.2) is 46.5 Å². The molecule has 0 unspecified atom stereocenters. The third-order valence-corrected chi connectivity index (χ3v) is 10.0. The molecular weight excluding hydrogens is 380 g/mol. The first kappa shape index (κ1) is 21.5. The van der Waals surface area contributed by atoms with E-state index in [4.69, 9.17) is 0 Å². The summed E-state index contributed by atoms with van der Waals surface area (Å²) >= 11 is 0. The molecule has 6 heteroatoms. The molecule has 4 rings (SSSR count). The quantitative estimate of drug-likeness (QED) is 0.509. The van der Waals surface area contributed by atoms with E-state index in [1.807, 2.05) is 41.5 Å². The van der Waals surface area contributed by atoms with Gasteiger partial charge in [-0.05, 0) is 49.4 Å². The number of hydrogen-bond acceptors (Lipinski definition) is 4. The van der Waals surface area contributed by atoms with Crippen LogP contribution in [0.4, 0.5) is 0 Å². The predicted molar refractivity (Wildman–Crippen MR) is 112 cm³/mol. The highest BCUT2D eigenvalue weighted by Crippen LogP contribution is 2.61. The summed E-state index contributed by atoms with van der Waals surface area (Å²) in [7, 11) is 0. The lowest BCUT2D eigenvalue weighted by Gasteiger charge is -2.48. The van der Waals surface area contributed by atoms with Crippen LogP contribution in [0.5, 0.6) is 0 Å². The number of hydrogen-bond donors (Lipinski definition) is 0. The lowest BCUT2D eigenvalue weighted by molar-refractivity contribution is -0.170. The Balaban J connectivity index is 1.38. The van der Waals surface area contributed by atoms with E-state index in [2.05, 4.69) is 0 Å². The topological polar surface area (TPSA) is 74.8 Å². The fraction of sp³-hybridized carbons (Fsp3) is 0.833. The molecule has 0 radical (unpaired) electrons. The van der Waals surface area contributed by atoms with Crippen molar-refractivity contribution in [3.63, 3.8) is 0 Å². The van der Waals surface area contributed by atoms with Crippen molar-refractivity contribution >= 4 is 23.6 Å². The van der Waals surface area contributed by atoms with Crippen LogP contribution >= 0.6 is 0 Å². The zero-order chi connectivity index (χ0) is 22.3. The van der Waals surface area contributed by atoms with Crippen molar-refractivity contribution in [3.8, 4) is 0 Å². The molecule has 0 aromatic carbocycles. The molecule has 166 valence electrons. The van der Waals surface area contributed by atoms with Crippen LogP contribution < -0.4 is 0 Å². The highest BCUT2D eigenvalue weighted by molar-refractivity contribution is 6.04. The Hall–Kier alpha value is -1.72. The van der Waals surface area contributed by atoms with E-state index < -0.39 is 10.8 Å². The van der Waals surface area contributed by atoms with Crippen LogP contribution in [-0.2, 0) is 19.2 Å². The monoisotopic (exact) mass is 416 g/mol. The normalized spacial score (nSPS) is 39.3. The van der Waals surface area contributed by atoms with Gasteiger partial charge in [0, 0.05) is 24.9 Å². The summed E-state index contributed by atoms with van der Waals surface area (Å²) in [6.45, 7) is 12.9. The number of carbonyl (C=O) groups excluding carboxylic acids is 4. The molecule has 2 saturated heterocycles. The van der Waals surface area contributed by atoms with E-state index in [1.165, 1.54) is 9.80 Å². The van der Waals surface area contributed by atoms with E-state index in [1.54, 1.807) is 0 Å². The molecular formula is C24H36N2O4. The largest absolute Gasteiger partial charge is 0.282 e. The van der Waals surface area contributed by atoms with Crippen LogP contribution in [0.1, 0.15) is 80.1 Å². The number of carbonyl (C=O) groups is 4. The smallest absolute Gasteiger partial charge is 0.235 e. The summed E-state index contributed by atoms with van der Waals surface area (Å²) < 4.78 is 0. The molecule has 4 amide bonds.